The normalized spacial score (nSPS) is 13.9. The summed E-state index contributed by atoms with van der Waals surface area (Å²) in [4.78, 5) is 12.0. The topological polar surface area (TPSA) is 58.6 Å². The Balaban J connectivity index is 2.70. The number of carbonyl (C=O) groups is 1. The summed E-state index contributed by atoms with van der Waals surface area (Å²) in [5, 5.41) is 12.8. The van der Waals surface area contributed by atoms with Crippen LogP contribution in [0.25, 0.3) is 0 Å². The Morgan fingerprint density at radius 3 is 2.43 bits per heavy atom. The zero-order valence-corrected chi connectivity index (χ0v) is 13.8. The molecule has 0 saturated carbocycles. The predicted molar refractivity (Wildman–Crippen MR) is 84.7 cm³/mol. The van der Waals surface area contributed by atoms with Gasteiger partial charge in [0, 0.05) is 6.04 Å². The van der Waals surface area contributed by atoms with Gasteiger partial charge in [0.1, 0.15) is 5.75 Å². The molecule has 0 heterocycles. The summed E-state index contributed by atoms with van der Waals surface area (Å²) in [7, 11) is 0. The lowest BCUT2D eigenvalue weighted by Gasteiger charge is -2.20. The smallest absolute Gasteiger partial charge is 0.260 e. The fraction of sp³-hybridized carbons (Fsp3) is 0.562. The Labute approximate surface area is 131 Å². The quantitative estimate of drug-likeness (QED) is 0.810. The third kappa shape index (κ3) is 5.21. The Bertz CT molecular complexity index is 473. The van der Waals surface area contributed by atoms with E-state index in [0.29, 0.717) is 16.3 Å². The summed E-state index contributed by atoms with van der Waals surface area (Å²) in [6.45, 7) is 7.42. The molecule has 21 heavy (non-hydrogen) atoms. The van der Waals surface area contributed by atoms with Crippen LogP contribution in [0.3, 0.4) is 0 Å². The first-order valence-electron chi connectivity index (χ1n) is 7.33. The summed E-state index contributed by atoms with van der Waals surface area (Å²) < 4.78 is 5.61. The number of aliphatic hydroxyl groups excluding tert-OH is 1. The number of nitrogens with one attached hydrogen (secondary N) is 1. The van der Waals surface area contributed by atoms with Gasteiger partial charge < -0.3 is 15.2 Å². The average molecular weight is 314 g/mol. The Morgan fingerprint density at radius 1 is 1.33 bits per heavy atom. The van der Waals surface area contributed by atoms with Crippen molar-refractivity contribution in [2.45, 2.75) is 58.8 Å². The van der Waals surface area contributed by atoms with E-state index in [9.17, 15) is 9.90 Å². The van der Waals surface area contributed by atoms with Gasteiger partial charge in [0.25, 0.3) is 5.91 Å². The summed E-state index contributed by atoms with van der Waals surface area (Å²) in [6.07, 6.45) is 0.560. The fourth-order valence-corrected chi connectivity index (χ4v) is 2.16. The number of halogens is 1. The van der Waals surface area contributed by atoms with Crippen molar-refractivity contribution in [1.82, 2.24) is 5.32 Å². The minimum Gasteiger partial charge on any atom is -0.479 e. The highest BCUT2D eigenvalue weighted by Crippen LogP contribution is 2.28. The van der Waals surface area contributed by atoms with Gasteiger partial charge in [-0.1, -0.05) is 31.5 Å². The molecule has 0 bridgehead atoms. The molecule has 0 saturated heterocycles. The van der Waals surface area contributed by atoms with E-state index in [0.717, 1.165) is 12.8 Å². The average Bonchev–Trinajstić information content (AvgIpc) is 2.46. The Hall–Kier alpha value is -1.26. The van der Waals surface area contributed by atoms with Crippen molar-refractivity contribution in [3.63, 3.8) is 0 Å². The molecule has 1 amide bonds. The molecule has 1 aromatic carbocycles. The highest BCUT2D eigenvalue weighted by molar-refractivity contribution is 6.32. The van der Waals surface area contributed by atoms with Gasteiger partial charge in [0.15, 0.2) is 6.10 Å². The van der Waals surface area contributed by atoms with Gasteiger partial charge in [0.05, 0.1) is 11.1 Å². The number of rotatable bonds is 7. The van der Waals surface area contributed by atoms with Crippen LogP contribution in [0, 0.1) is 0 Å². The molecule has 4 nitrogen and oxygen atoms in total. The summed E-state index contributed by atoms with van der Waals surface area (Å²) in [5.74, 6) is 0.285. The number of hydrogen-bond donors (Lipinski definition) is 2. The third-order valence-corrected chi connectivity index (χ3v) is 3.74. The second-order valence-corrected chi connectivity index (χ2v) is 5.56. The second-order valence-electron chi connectivity index (χ2n) is 5.15. The molecule has 5 heteroatoms. The minimum atomic E-state index is -0.625. The van der Waals surface area contributed by atoms with Gasteiger partial charge in [-0.2, -0.15) is 0 Å². The highest BCUT2D eigenvalue weighted by atomic mass is 35.5. The van der Waals surface area contributed by atoms with E-state index in [2.05, 4.69) is 5.32 Å². The second kappa shape index (κ2) is 8.25. The molecular formula is C16H24ClNO3. The predicted octanol–water partition coefficient (Wildman–Crippen LogP) is 3.47. The standard InChI is InChI=1S/C16H24ClNO3/c1-5-13(6-2)18-16(20)11(4)21-15-8-7-12(10(3)19)9-14(15)17/h7-11,13,19H,5-6H2,1-4H3,(H,18,20). The largest absolute Gasteiger partial charge is 0.479 e. The molecule has 1 rings (SSSR count). The van der Waals surface area contributed by atoms with Crippen molar-refractivity contribution in [1.29, 1.82) is 0 Å². The number of benzene rings is 1. The highest BCUT2D eigenvalue weighted by Gasteiger charge is 2.18. The van der Waals surface area contributed by atoms with Crippen molar-refractivity contribution in [2.75, 3.05) is 0 Å². The molecule has 2 unspecified atom stereocenters. The summed E-state index contributed by atoms with van der Waals surface area (Å²) >= 11 is 6.11. The SMILES string of the molecule is CCC(CC)NC(=O)C(C)Oc1ccc(C(C)O)cc1Cl. The van der Waals surface area contributed by atoms with Crippen molar-refractivity contribution >= 4 is 17.5 Å². The molecule has 0 aromatic heterocycles. The minimum absolute atomic E-state index is 0.153. The van der Waals surface area contributed by atoms with E-state index in [4.69, 9.17) is 16.3 Å². The van der Waals surface area contributed by atoms with Crippen LogP contribution >= 0.6 is 11.6 Å². The maximum absolute atomic E-state index is 12.0. The van der Waals surface area contributed by atoms with E-state index in [1.165, 1.54) is 0 Å². The third-order valence-electron chi connectivity index (χ3n) is 3.44. The van der Waals surface area contributed by atoms with E-state index in [1.54, 1.807) is 32.0 Å². The van der Waals surface area contributed by atoms with Gasteiger partial charge in [-0.3, -0.25) is 4.79 Å². The molecule has 0 spiro atoms. The van der Waals surface area contributed by atoms with Gasteiger partial charge in [-0.05, 0) is 44.4 Å². The summed E-state index contributed by atoms with van der Waals surface area (Å²) in [6, 6.07) is 5.21. The zero-order chi connectivity index (χ0) is 16.0. The van der Waals surface area contributed by atoms with E-state index in [-0.39, 0.29) is 11.9 Å². The lowest BCUT2D eigenvalue weighted by Crippen LogP contribution is -2.42. The lowest BCUT2D eigenvalue weighted by molar-refractivity contribution is -0.128. The first kappa shape index (κ1) is 17.8. The first-order chi connectivity index (χ1) is 9.88. The van der Waals surface area contributed by atoms with E-state index in [1.807, 2.05) is 13.8 Å². The van der Waals surface area contributed by atoms with Crippen LogP contribution in [0.5, 0.6) is 5.75 Å². The molecular weight excluding hydrogens is 290 g/mol. The van der Waals surface area contributed by atoms with E-state index < -0.39 is 12.2 Å². The van der Waals surface area contributed by atoms with Gasteiger partial charge in [0.2, 0.25) is 0 Å². The molecule has 118 valence electrons. The van der Waals surface area contributed by atoms with Crippen LogP contribution in [0.4, 0.5) is 0 Å². The first-order valence-corrected chi connectivity index (χ1v) is 7.71. The van der Waals surface area contributed by atoms with Gasteiger partial charge in [-0.15, -0.1) is 0 Å². The molecule has 2 atom stereocenters. The molecule has 0 aliphatic carbocycles. The van der Waals surface area contributed by atoms with Gasteiger partial charge >= 0.3 is 0 Å². The van der Waals surface area contributed by atoms with Crippen LogP contribution in [0.2, 0.25) is 5.02 Å². The number of carbonyl (C=O) groups excluding carboxylic acids is 1. The number of amides is 1. The molecule has 1 aromatic rings. The maximum atomic E-state index is 12.0. The zero-order valence-electron chi connectivity index (χ0n) is 13.0. The van der Waals surface area contributed by atoms with Crippen molar-refractivity contribution in [2.24, 2.45) is 0 Å². The van der Waals surface area contributed by atoms with Crippen LogP contribution in [-0.2, 0) is 4.79 Å². The summed E-state index contributed by atoms with van der Waals surface area (Å²) in [5.41, 5.74) is 0.710. The van der Waals surface area contributed by atoms with E-state index >= 15 is 0 Å². The van der Waals surface area contributed by atoms with Crippen molar-refractivity contribution < 1.29 is 14.6 Å². The van der Waals surface area contributed by atoms with Crippen molar-refractivity contribution in [3.05, 3.63) is 28.8 Å². The number of hydrogen-bond acceptors (Lipinski definition) is 3. The van der Waals surface area contributed by atoms with Crippen LogP contribution < -0.4 is 10.1 Å². The Kier molecular flexibility index (Phi) is 6.99. The molecule has 2 N–H and O–H groups in total. The van der Waals surface area contributed by atoms with Crippen LogP contribution in [0.1, 0.15) is 52.2 Å². The monoisotopic (exact) mass is 313 g/mol. The van der Waals surface area contributed by atoms with Crippen molar-refractivity contribution in [3.8, 4) is 5.75 Å². The maximum Gasteiger partial charge on any atom is 0.260 e. The molecule has 0 radical (unpaired) electrons. The molecule has 0 fully saturated rings. The van der Waals surface area contributed by atoms with Crippen LogP contribution in [0.15, 0.2) is 18.2 Å². The van der Waals surface area contributed by atoms with Crippen LogP contribution in [-0.4, -0.2) is 23.2 Å². The lowest BCUT2D eigenvalue weighted by atomic mass is 10.1. The molecule has 0 aliphatic rings. The van der Waals surface area contributed by atoms with Gasteiger partial charge in [-0.25, -0.2) is 0 Å². The molecule has 0 aliphatic heterocycles. The fourth-order valence-electron chi connectivity index (χ4n) is 1.93. The Morgan fingerprint density at radius 2 is 1.95 bits per heavy atom. The number of ether oxygens (including phenoxy) is 1. The number of aliphatic hydroxyl groups is 1.